The minimum atomic E-state index is -2.17. The first-order valence-electron chi connectivity index (χ1n) is 10.8. The van der Waals surface area contributed by atoms with E-state index in [1.807, 2.05) is 45.1 Å². The van der Waals surface area contributed by atoms with E-state index in [0.717, 1.165) is 19.8 Å². The highest BCUT2D eigenvalue weighted by Gasteiger charge is 2.43. The van der Waals surface area contributed by atoms with Crippen LogP contribution < -0.4 is 5.32 Å². The van der Waals surface area contributed by atoms with E-state index in [1.165, 1.54) is 11.6 Å². The fourth-order valence-electron chi connectivity index (χ4n) is 3.29. The molecule has 0 aromatic rings. The van der Waals surface area contributed by atoms with Gasteiger partial charge in [-0.2, -0.15) is 0 Å². The van der Waals surface area contributed by atoms with Gasteiger partial charge in [-0.3, -0.25) is 9.59 Å². The molecule has 4 N–H and O–H groups in total. The second kappa shape index (κ2) is 12.2. The van der Waals surface area contributed by atoms with Crippen molar-refractivity contribution < 1.29 is 29.7 Å². The number of hydrogen-bond donors (Lipinski definition) is 4. The second-order valence-electron chi connectivity index (χ2n) is 8.67. The van der Waals surface area contributed by atoms with Crippen LogP contribution in [-0.2, 0) is 14.4 Å². The first-order chi connectivity index (χ1) is 14.9. The zero-order valence-corrected chi connectivity index (χ0v) is 19.5. The van der Waals surface area contributed by atoms with Crippen molar-refractivity contribution in [1.29, 1.82) is 0 Å². The number of ketones is 1. The summed E-state index contributed by atoms with van der Waals surface area (Å²) in [4.78, 5) is 35.6. The Morgan fingerprint density at radius 1 is 1.19 bits per heavy atom. The standard InChI is InChI=1S/C25H35NO6/c1-6-16(2)10-8-7-9-11-17(3)14-18(4)12-13-20(27)21-22(28)19(26-23(21)29)15-25(5,32)24(30)31/h6-10,12-13,17-19,27,32H,11,14-15H2,1-5H3,(H,26,29)(H,30,31)/b9-7+,10-8+,13-12+,16-6+,21-20?/t17-,18+,19+,25+/m1/s1. The Morgan fingerprint density at radius 2 is 1.84 bits per heavy atom. The highest BCUT2D eigenvalue weighted by Crippen LogP contribution is 2.23. The summed E-state index contributed by atoms with van der Waals surface area (Å²) in [7, 11) is 0. The summed E-state index contributed by atoms with van der Waals surface area (Å²) < 4.78 is 0. The molecule has 0 unspecified atom stereocenters. The number of aliphatic hydroxyl groups excluding tert-OH is 1. The van der Waals surface area contributed by atoms with Gasteiger partial charge in [0, 0.05) is 6.42 Å². The summed E-state index contributed by atoms with van der Waals surface area (Å²) >= 11 is 0. The highest BCUT2D eigenvalue weighted by molar-refractivity contribution is 6.27. The van der Waals surface area contributed by atoms with Crippen LogP contribution in [-0.4, -0.2) is 44.6 Å². The van der Waals surface area contributed by atoms with Crippen LogP contribution in [0.2, 0.25) is 0 Å². The lowest BCUT2D eigenvalue weighted by atomic mass is 9.93. The maximum atomic E-state index is 12.5. The van der Waals surface area contributed by atoms with Crippen molar-refractivity contribution in [3.8, 4) is 0 Å². The normalized spacial score (nSPS) is 23.1. The van der Waals surface area contributed by atoms with E-state index in [0.29, 0.717) is 5.92 Å². The van der Waals surface area contributed by atoms with Crippen molar-refractivity contribution in [2.24, 2.45) is 11.8 Å². The molecular weight excluding hydrogens is 410 g/mol. The van der Waals surface area contributed by atoms with E-state index in [-0.39, 0.29) is 5.92 Å². The summed E-state index contributed by atoms with van der Waals surface area (Å²) in [5, 5.41) is 31.5. The average Bonchev–Trinajstić information content (AvgIpc) is 2.97. The van der Waals surface area contributed by atoms with Crippen LogP contribution in [0.25, 0.3) is 0 Å². The van der Waals surface area contributed by atoms with Gasteiger partial charge in [-0.05, 0) is 51.5 Å². The van der Waals surface area contributed by atoms with Crippen LogP contribution in [0.3, 0.4) is 0 Å². The maximum absolute atomic E-state index is 12.5. The Labute approximate surface area is 189 Å². The molecule has 176 valence electrons. The molecule has 32 heavy (non-hydrogen) atoms. The van der Waals surface area contributed by atoms with Crippen LogP contribution in [0.5, 0.6) is 0 Å². The van der Waals surface area contributed by atoms with Gasteiger partial charge >= 0.3 is 5.97 Å². The van der Waals surface area contributed by atoms with Gasteiger partial charge in [0.15, 0.2) is 11.4 Å². The van der Waals surface area contributed by atoms with E-state index in [2.05, 4.69) is 18.3 Å². The molecule has 1 saturated heterocycles. The third-order valence-electron chi connectivity index (χ3n) is 5.37. The number of hydrogen-bond acceptors (Lipinski definition) is 5. The predicted octanol–water partition coefficient (Wildman–Crippen LogP) is 3.78. The molecule has 7 nitrogen and oxygen atoms in total. The van der Waals surface area contributed by atoms with Crippen LogP contribution in [0.1, 0.15) is 53.9 Å². The van der Waals surface area contributed by atoms with Crippen LogP contribution in [0, 0.1) is 11.8 Å². The maximum Gasteiger partial charge on any atom is 0.335 e. The quantitative estimate of drug-likeness (QED) is 0.166. The molecule has 0 spiro atoms. The van der Waals surface area contributed by atoms with Crippen LogP contribution in [0.4, 0.5) is 0 Å². The summed E-state index contributed by atoms with van der Waals surface area (Å²) in [6.07, 6.45) is 14.5. The predicted molar refractivity (Wildman–Crippen MR) is 124 cm³/mol. The fraction of sp³-hybridized carbons (Fsp3) is 0.480. The number of amides is 1. The molecule has 7 heteroatoms. The van der Waals surface area contributed by atoms with Gasteiger partial charge in [-0.25, -0.2) is 4.79 Å². The molecule has 4 atom stereocenters. The second-order valence-corrected chi connectivity index (χ2v) is 8.67. The SMILES string of the molecule is C/C=C(C)/C=C/C=C/C[C@@H](C)C[C@@H](C)/C=C/C(O)=C1C(=O)N[C@@H](C[C@](C)(O)C(=O)O)C1=O. The fourth-order valence-corrected chi connectivity index (χ4v) is 3.29. The lowest BCUT2D eigenvalue weighted by molar-refractivity contribution is -0.158. The number of allylic oxidation sites excluding steroid dienone is 8. The third-order valence-corrected chi connectivity index (χ3v) is 5.37. The molecule has 1 heterocycles. The summed E-state index contributed by atoms with van der Waals surface area (Å²) in [6.45, 7) is 9.18. The zero-order valence-electron chi connectivity index (χ0n) is 19.5. The lowest BCUT2D eigenvalue weighted by Gasteiger charge is -2.20. The molecule has 0 aliphatic carbocycles. The minimum absolute atomic E-state index is 0.102. The molecule has 1 fully saturated rings. The molecule has 1 rings (SSSR count). The van der Waals surface area contributed by atoms with E-state index >= 15 is 0 Å². The largest absolute Gasteiger partial charge is 0.507 e. The Balaban J connectivity index is 2.70. The molecule has 0 saturated carbocycles. The number of rotatable bonds is 11. The zero-order chi connectivity index (χ0) is 24.5. The van der Waals surface area contributed by atoms with Gasteiger partial charge < -0.3 is 20.6 Å². The molecule has 1 aliphatic heterocycles. The Bertz CT molecular complexity index is 860. The minimum Gasteiger partial charge on any atom is -0.507 e. The lowest BCUT2D eigenvalue weighted by Crippen LogP contribution is -2.43. The molecule has 0 bridgehead atoms. The monoisotopic (exact) mass is 445 g/mol. The number of Topliss-reactive ketones (excluding diaryl/α,β-unsaturated/α-hetero) is 1. The Hall–Kier alpha value is -2.93. The number of nitrogens with one attached hydrogen (secondary N) is 1. The number of aliphatic carboxylic acids is 1. The molecule has 1 aliphatic rings. The molecular formula is C25H35NO6. The van der Waals surface area contributed by atoms with Gasteiger partial charge in [-0.15, -0.1) is 0 Å². The smallest absolute Gasteiger partial charge is 0.335 e. The summed E-state index contributed by atoms with van der Waals surface area (Å²) in [6, 6.07) is -1.20. The van der Waals surface area contributed by atoms with Gasteiger partial charge in [0.25, 0.3) is 5.91 Å². The number of carbonyl (C=O) groups excluding carboxylic acids is 2. The Morgan fingerprint density at radius 3 is 2.44 bits per heavy atom. The number of carbonyl (C=O) groups is 3. The van der Waals surface area contributed by atoms with Gasteiger partial charge in [0.1, 0.15) is 11.3 Å². The van der Waals surface area contributed by atoms with Crippen molar-refractivity contribution in [2.75, 3.05) is 0 Å². The van der Waals surface area contributed by atoms with Crippen molar-refractivity contribution in [3.05, 3.63) is 59.4 Å². The van der Waals surface area contributed by atoms with E-state index in [9.17, 15) is 24.6 Å². The van der Waals surface area contributed by atoms with Crippen molar-refractivity contribution in [2.45, 2.75) is 65.5 Å². The van der Waals surface area contributed by atoms with Gasteiger partial charge in [-0.1, -0.05) is 55.9 Å². The molecule has 0 radical (unpaired) electrons. The topological polar surface area (TPSA) is 124 Å². The Kier molecular flexibility index (Phi) is 10.3. The number of carboxylic acids is 1. The van der Waals surface area contributed by atoms with Crippen LogP contribution in [0.15, 0.2) is 59.4 Å². The molecule has 1 amide bonds. The van der Waals surface area contributed by atoms with Crippen molar-refractivity contribution in [1.82, 2.24) is 5.32 Å². The van der Waals surface area contributed by atoms with Crippen molar-refractivity contribution in [3.63, 3.8) is 0 Å². The van der Waals surface area contributed by atoms with E-state index in [4.69, 9.17) is 5.11 Å². The first kappa shape index (κ1) is 27.1. The van der Waals surface area contributed by atoms with Gasteiger partial charge in [0.05, 0.1) is 6.04 Å². The number of aliphatic hydroxyl groups is 2. The molecule has 0 aromatic heterocycles. The van der Waals surface area contributed by atoms with Crippen LogP contribution >= 0.6 is 0 Å². The molecule has 0 aromatic carbocycles. The number of carboxylic acid groups (broad SMARTS) is 1. The summed E-state index contributed by atoms with van der Waals surface area (Å²) in [5.41, 5.74) is -1.39. The van der Waals surface area contributed by atoms with Gasteiger partial charge in [0.2, 0.25) is 0 Å². The van der Waals surface area contributed by atoms with E-state index in [1.54, 1.807) is 6.08 Å². The van der Waals surface area contributed by atoms with Crippen molar-refractivity contribution >= 4 is 17.7 Å². The highest BCUT2D eigenvalue weighted by atomic mass is 16.4. The average molecular weight is 446 g/mol. The summed E-state index contributed by atoms with van der Waals surface area (Å²) in [5.74, 6) is -2.97. The third kappa shape index (κ3) is 8.30. The van der Waals surface area contributed by atoms with E-state index < -0.39 is 47.1 Å². The first-order valence-corrected chi connectivity index (χ1v) is 10.8.